The van der Waals surface area contributed by atoms with Crippen LogP contribution in [-0.2, 0) is 22.5 Å². The van der Waals surface area contributed by atoms with Gasteiger partial charge in [0.05, 0.1) is 13.5 Å². The van der Waals surface area contributed by atoms with Crippen LogP contribution < -0.4 is 5.32 Å². The fourth-order valence-electron chi connectivity index (χ4n) is 2.65. The third-order valence-corrected chi connectivity index (χ3v) is 5.39. The van der Waals surface area contributed by atoms with Crippen LogP contribution in [0.25, 0.3) is 0 Å². The molecule has 1 aliphatic rings. The van der Waals surface area contributed by atoms with Gasteiger partial charge < -0.3 is 15.0 Å². The molecule has 1 aromatic rings. The van der Waals surface area contributed by atoms with Gasteiger partial charge in [0, 0.05) is 22.8 Å². The van der Waals surface area contributed by atoms with Crippen LogP contribution in [0.4, 0.5) is 0 Å². The molecule has 1 aromatic heterocycles. The van der Waals surface area contributed by atoms with Crippen LogP contribution in [-0.4, -0.2) is 44.7 Å². The van der Waals surface area contributed by atoms with Crippen molar-refractivity contribution in [3.8, 4) is 0 Å². The number of thiophene rings is 1. The third-order valence-electron chi connectivity index (χ3n) is 4.31. The number of carbonyl (C=O) groups is 1. The molecule has 0 amide bonds. The van der Waals surface area contributed by atoms with E-state index in [4.69, 9.17) is 4.74 Å². The van der Waals surface area contributed by atoms with Crippen LogP contribution in [0.1, 0.15) is 29.5 Å². The van der Waals surface area contributed by atoms with Crippen molar-refractivity contribution in [2.45, 2.75) is 32.7 Å². The lowest BCUT2D eigenvalue weighted by Gasteiger charge is -2.38. The number of hydrogen-bond acceptors (Lipinski definition) is 5. The molecule has 118 valence electrons. The highest BCUT2D eigenvalue weighted by Crippen LogP contribution is 2.29. The summed E-state index contributed by atoms with van der Waals surface area (Å²) < 4.78 is 4.69. The van der Waals surface area contributed by atoms with Gasteiger partial charge in [0.25, 0.3) is 0 Å². The Morgan fingerprint density at radius 3 is 2.71 bits per heavy atom. The molecule has 4 nitrogen and oxygen atoms in total. The van der Waals surface area contributed by atoms with Crippen LogP contribution in [0.3, 0.4) is 0 Å². The standard InChI is InChI=1S/C16H26N2O2S/c1-16(6-8-18(2)9-7-16)12-17-11-14-5-4-13(21-14)10-15(19)20-3/h4-5,17H,6-12H2,1-3H3. The van der Waals surface area contributed by atoms with E-state index in [9.17, 15) is 4.79 Å². The molecular formula is C16H26N2O2S. The fraction of sp³-hybridized carbons (Fsp3) is 0.688. The number of piperidine rings is 1. The van der Waals surface area contributed by atoms with Gasteiger partial charge in [0.15, 0.2) is 0 Å². The molecule has 0 aromatic carbocycles. The average Bonchev–Trinajstić information content (AvgIpc) is 2.90. The second-order valence-electron chi connectivity index (χ2n) is 6.34. The Morgan fingerprint density at radius 1 is 1.38 bits per heavy atom. The number of nitrogens with one attached hydrogen (secondary N) is 1. The summed E-state index contributed by atoms with van der Waals surface area (Å²) in [5, 5.41) is 3.58. The average molecular weight is 310 g/mol. The zero-order valence-corrected chi connectivity index (χ0v) is 14.1. The highest BCUT2D eigenvalue weighted by atomic mass is 32.1. The van der Waals surface area contributed by atoms with Gasteiger partial charge in [-0.3, -0.25) is 4.79 Å². The summed E-state index contributed by atoms with van der Waals surface area (Å²) in [5.74, 6) is -0.171. The van der Waals surface area contributed by atoms with Crippen molar-refractivity contribution in [2.75, 3.05) is 33.8 Å². The van der Waals surface area contributed by atoms with Crippen LogP contribution in [0.2, 0.25) is 0 Å². The summed E-state index contributed by atoms with van der Waals surface area (Å²) in [7, 11) is 3.63. The zero-order valence-electron chi connectivity index (χ0n) is 13.3. The molecule has 1 fully saturated rings. The quantitative estimate of drug-likeness (QED) is 0.819. The molecular weight excluding hydrogens is 284 g/mol. The molecule has 0 spiro atoms. The number of methoxy groups -OCH3 is 1. The van der Waals surface area contributed by atoms with Gasteiger partial charge in [-0.1, -0.05) is 6.92 Å². The number of carbonyl (C=O) groups excluding carboxylic acids is 1. The Bertz CT molecular complexity index is 465. The lowest BCUT2D eigenvalue weighted by atomic mass is 9.80. The summed E-state index contributed by atoms with van der Waals surface area (Å²) >= 11 is 1.69. The van der Waals surface area contributed by atoms with Gasteiger partial charge in [0.1, 0.15) is 0 Å². The number of nitrogens with zero attached hydrogens (tertiary/aromatic N) is 1. The molecule has 21 heavy (non-hydrogen) atoms. The van der Waals surface area contributed by atoms with Crippen molar-refractivity contribution < 1.29 is 9.53 Å². The van der Waals surface area contributed by atoms with E-state index in [1.165, 1.54) is 37.9 Å². The summed E-state index contributed by atoms with van der Waals surface area (Å²) in [6.45, 7) is 6.72. The van der Waals surface area contributed by atoms with E-state index in [2.05, 4.69) is 30.3 Å². The van der Waals surface area contributed by atoms with Gasteiger partial charge in [-0.25, -0.2) is 0 Å². The van der Waals surface area contributed by atoms with E-state index in [0.717, 1.165) is 18.0 Å². The molecule has 0 bridgehead atoms. The van der Waals surface area contributed by atoms with E-state index < -0.39 is 0 Å². The molecule has 0 unspecified atom stereocenters. The minimum atomic E-state index is -0.171. The molecule has 0 atom stereocenters. The fourth-order valence-corrected chi connectivity index (χ4v) is 3.62. The van der Waals surface area contributed by atoms with Crippen molar-refractivity contribution >= 4 is 17.3 Å². The third kappa shape index (κ3) is 5.09. The molecule has 2 heterocycles. The second kappa shape index (κ2) is 7.38. The van der Waals surface area contributed by atoms with Crippen molar-refractivity contribution in [1.82, 2.24) is 10.2 Å². The van der Waals surface area contributed by atoms with E-state index in [-0.39, 0.29) is 5.97 Å². The van der Waals surface area contributed by atoms with Gasteiger partial charge in [-0.05, 0) is 50.5 Å². The summed E-state index contributed by atoms with van der Waals surface area (Å²) in [4.78, 5) is 16.0. The highest BCUT2D eigenvalue weighted by Gasteiger charge is 2.28. The molecule has 2 rings (SSSR count). The van der Waals surface area contributed by atoms with Crippen LogP contribution >= 0.6 is 11.3 Å². The smallest absolute Gasteiger partial charge is 0.310 e. The first kappa shape index (κ1) is 16.5. The first-order valence-corrected chi connectivity index (χ1v) is 8.36. The Balaban J connectivity index is 1.74. The number of esters is 1. The van der Waals surface area contributed by atoms with Crippen molar-refractivity contribution in [1.29, 1.82) is 0 Å². The van der Waals surface area contributed by atoms with Crippen molar-refractivity contribution in [3.05, 3.63) is 21.9 Å². The number of likely N-dealkylation sites (tertiary alicyclic amines) is 1. The summed E-state index contributed by atoms with van der Waals surface area (Å²) in [6, 6.07) is 4.13. The molecule has 5 heteroatoms. The van der Waals surface area contributed by atoms with Crippen molar-refractivity contribution in [3.63, 3.8) is 0 Å². The Labute approximate surface area is 131 Å². The molecule has 0 aliphatic carbocycles. The molecule has 0 saturated carbocycles. The maximum Gasteiger partial charge on any atom is 0.310 e. The highest BCUT2D eigenvalue weighted by molar-refractivity contribution is 7.12. The number of rotatable bonds is 6. The lowest BCUT2D eigenvalue weighted by Crippen LogP contribution is -2.41. The Hall–Kier alpha value is -0.910. The van der Waals surface area contributed by atoms with Crippen LogP contribution in [0.15, 0.2) is 12.1 Å². The van der Waals surface area contributed by atoms with Crippen LogP contribution in [0, 0.1) is 5.41 Å². The second-order valence-corrected chi connectivity index (χ2v) is 7.59. The summed E-state index contributed by atoms with van der Waals surface area (Å²) in [5.41, 5.74) is 0.415. The van der Waals surface area contributed by atoms with Gasteiger partial charge in [0.2, 0.25) is 0 Å². The Kier molecular flexibility index (Phi) is 5.79. The predicted octanol–water partition coefficient (Wildman–Crippen LogP) is 2.29. The number of ether oxygens (including phenoxy) is 1. The zero-order chi connectivity index (χ0) is 15.3. The maximum atomic E-state index is 11.2. The maximum absolute atomic E-state index is 11.2. The van der Waals surface area contributed by atoms with Gasteiger partial charge in [-0.15, -0.1) is 11.3 Å². The van der Waals surface area contributed by atoms with Gasteiger partial charge >= 0.3 is 5.97 Å². The van der Waals surface area contributed by atoms with E-state index >= 15 is 0 Å². The molecule has 1 N–H and O–H groups in total. The Morgan fingerprint density at radius 2 is 2.05 bits per heavy atom. The van der Waals surface area contributed by atoms with Crippen molar-refractivity contribution in [2.24, 2.45) is 5.41 Å². The first-order chi connectivity index (χ1) is 10.0. The topological polar surface area (TPSA) is 41.6 Å². The van der Waals surface area contributed by atoms with E-state index in [0.29, 0.717) is 11.8 Å². The normalized spacial score (nSPS) is 18.6. The number of hydrogen-bond donors (Lipinski definition) is 1. The van der Waals surface area contributed by atoms with Crippen LogP contribution in [0.5, 0.6) is 0 Å². The summed E-state index contributed by atoms with van der Waals surface area (Å²) in [6.07, 6.45) is 2.90. The largest absolute Gasteiger partial charge is 0.469 e. The molecule has 0 radical (unpaired) electrons. The monoisotopic (exact) mass is 310 g/mol. The predicted molar refractivity (Wildman–Crippen MR) is 86.6 cm³/mol. The minimum absolute atomic E-state index is 0.171. The SMILES string of the molecule is COC(=O)Cc1ccc(CNCC2(C)CCN(C)CC2)s1. The van der Waals surface area contributed by atoms with E-state index in [1.807, 2.05) is 6.07 Å². The lowest BCUT2D eigenvalue weighted by molar-refractivity contribution is -0.139. The van der Waals surface area contributed by atoms with E-state index in [1.54, 1.807) is 11.3 Å². The minimum Gasteiger partial charge on any atom is -0.469 e. The molecule has 1 saturated heterocycles. The molecule has 1 aliphatic heterocycles. The first-order valence-electron chi connectivity index (χ1n) is 7.54. The van der Waals surface area contributed by atoms with Gasteiger partial charge in [-0.2, -0.15) is 0 Å².